The summed E-state index contributed by atoms with van der Waals surface area (Å²) in [5, 5.41) is 21.2. The summed E-state index contributed by atoms with van der Waals surface area (Å²) < 4.78 is 38.0. The van der Waals surface area contributed by atoms with Gasteiger partial charge in [-0.1, -0.05) is 24.3 Å². The SMILES string of the molecule is O=C(O)CC(O)CNS(=O)(=O)c1ccc(-c2cccc(NC(=O)C3(c4ccc5c(c4)OCO5)CC3)n2)cc1.[HH]. The van der Waals surface area contributed by atoms with Crippen LogP contribution in [0.25, 0.3) is 11.3 Å². The molecule has 5 rings (SSSR count). The number of sulfonamides is 1. The number of nitrogens with one attached hydrogen (secondary N) is 2. The van der Waals surface area contributed by atoms with Crippen molar-refractivity contribution in [2.24, 2.45) is 0 Å². The Labute approximate surface area is 220 Å². The minimum Gasteiger partial charge on any atom is -0.481 e. The number of aliphatic hydroxyl groups excluding tert-OH is 1. The molecule has 1 aromatic heterocycles. The van der Waals surface area contributed by atoms with Gasteiger partial charge in [0, 0.05) is 13.5 Å². The highest BCUT2D eigenvalue weighted by Crippen LogP contribution is 2.51. The molecule has 12 heteroatoms. The van der Waals surface area contributed by atoms with Gasteiger partial charge in [-0.25, -0.2) is 18.1 Å². The fraction of sp³-hybridized carbons (Fsp3) is 0.269. The maximum Gasteiger partial charge on any atom is 0.306 e. The molecule has 0 bridgehead atoms. The molecule has 4 N–H and O–H groups in total. The molecule has 38 heavy (non-hydrogen) atoms. The third-order valence-electron chi connectivity index (χ3n) is 6.48. The van der Waals surface area contributed by atoms with E-state index in [0.29, 0.717) is 41.4 Å². The Morgan fingerprint density at radius 3 is 2.50 bits per heavy atom. The van der Waals surface area contributed by atoms with Gasteiger partial charge in [-0.3, -0.25) is 9.59 Å². The number of aliphatic hydroxyl groups is 1. The van der Waals surface area contributed by atoms with E-state index in [2.05, 4.69) is 15.0 Å². The number of pyridine rings is 1. The molecule has 2 heterocycles. The van der Waals surface area contributed by atoms with E-state index in [9.17, 15) is 23.1 Å². The van der Waals surface area contributed by atoms with Crippen LogP contribution in [-0.4, -0.2) is 54.9 Å². The van der Waals surface area contributed by atoms with Crippen molar-refractivity contribution in [3.05, 3.63) is 66.2 Å². The van der Waals surface area contributed by atoms with Gasteiger partial charge in [0.2, 0.25) is 22.7 Å². The number of hydrogen-bond donors (Lipinski definition) is 4. The van der Waals surface area contributed by atoms with Gasteiger partial charge in [0.25, 0.3) is 0 Å². The first-order valence-corrected chi connectivity index (χ1v) is 13.3. The van der Waals surface area contributed by atoms with Crippen molar-refractivity contribution in [3.8, 4) is 22.8 Å². The zero-order chi connectivity index (χ0) is 26.9. The monoisotopic (exact) mass is 541 g/mol. The van der Waals surface area contributed by atoms with Crippen molar-refractivity contribution in [3.63, 3.8) is 0 Å². The molecule has 2 aliphatic rings. The van der Waals surface area contributed by atoms with E-state index in [1.165, 1.54) is 12.1 Å². The average molecular weight is 542 g/mol. The number of nitrogens with zero attached hydrogens (tertiary/aromatic N) is 1. The summed E-state index contributed by atoms with van der Waals surface area (Å²) in [5.41, 5.74) is 1.36. The van der Waals surface area contributed by atoms with Crippen LogP contribution in [0.2, 0.25) is 0 Å². The maximum atomic E-state index is 13.2. The van der Waals surface area contributed by atoms with Crippen LogP contribution in [0.3, 0.4) is 0 Å². The van der Waals surface area contributed by atoms with E-state index in [4.69, 9.17) is 14.6 Å². The number of carboxylic acid groups (broad SMARTS) is 1. The molecule has 11 nitrogen and oxygen atoms in total. The number of amides is 1. The molecule has 0 saturated heterocycles. The Hall–Kier alpha value is -4.00. The van der Waals surface area contributed by atoms with E-state index in [1.807, 2.05) is 18.2 Å². The Morgan fingerprint density at radius 1 is 1.05 bits per heavy atom. The molecule has 200 valence electrons. The standard InChI is InChI=1S/C26H25N3O8S.H2/c30-18(13-24(31)32)14-27-38(34,35)19-7-4-16(5-8-19)20-2-1-3-23(28-20)29-25(33)26(10-11-26)17-6-9-21-22(12-17)37-15-36-21;/h1-9,12,18,27,30H,10-11,13-15H2,(H,31,32)(H,28,29,33);1H. The molecule has 1 fully saturated rings. The Morgan fingerprint density at radius 2 is 1.79 bits per heavy atom. The van der Waals surface area contributed by atoms with Crippen LogP contribution in [0.15, 0.2) is 65.6 Å². The summed E-state index contributed by atoms with van der Waals surface area (Å²) in [4.78, 5) is 28.3. The second kappa shape index (κ2) is 10.0. The van der Waals surface area contributed by atoms with E-state index in [0.717, 1.165) is 5.56 Å². The Bertz CT molecular complexity index is 1490. The lowest BCUT2D eigenvalue weighted by molar-refractivity contribution is -0.139. The van der Waals surface area contributed by atoms with Crippen LogP contribution in [0, 0.1) is 0 Å². The summed E-state index contributed by atoms with van der Waals surface area (Å²) in [6.07, 6.45) is -0.508. The fourth-order valence-electron chi connectivity index (χ4n) is 4.23. The Kier molecular flexibility index (Phi) is 6.78. The highest BCUT2D eigenvalue weighted by molar-refractivity contribution is 7.89. The second-order valence-corrected chi connectivity index (χ2v) is 10.9. The summed E-state index contributed by atoms with van der Waals surface area (Å²) in [7, 11) is -3.95. The van der Waals surface area contributed by atoms with Crippen molar-refractivity contribution in [1.82, 2.24) is 9.71 Å². The third kappa shape index (κ3) is 5.32. The highest BCUT2D eigenvalue weighted by atomic mass is 32.2. The Balaban J connectivity index is 0.00000353. The van der Waals surface area contributed by atoms with E-state index >= 15 is 0 Å². The molecule has 1 unspecified atom stereocenters. The first-order valence-electron chi connectivity index (χ1n) is 11.8. The molecular weight excluding hydrogens is 514 g/mol. The molecule has 1 aliphatic heterocycles. The number of carboxylic acids is 1. The van der Waals surface area contributed by atoms with Gasteiger partial charge in [0.1, 0.15) is 5.82 Å². The highest BCUT2D eigenvalue weighted by Gasteiger charge is 2.51. The number of hydrogen-bond acceptors (Lipinski definition) is 8. The van der Waals surface area contributed by atoms with Crippen molar-refractivity contribution >= 4 is 27.7 Å². The number of benzene rings is 2. The summed E-state index contributed by atoms with van der Waals surface area (Å²) >= 11 is 0. The lowest BCUT2D eigenvalue weighted by atomic mass is 9.94. The topological polar surface area (TPSA) is 164 Å². The molecule has 1 amide bonds. The molecule has 3 aromatic rings. The first kappa shape index (κ1) is 25.6. The number of carbonyl (C=O) groups is 2. The second-order valence-electron chi connectivity index (χ2n) is 9.14. The molecule has 0 radical (unpaired) electrons. The largest absolute Gasteiger partial charge is 0.481 e. The van der Waals surface area contributed by atoms with Crippen LogP contribution in [-0.2, 0) is 25.0 Å². The molecule has 1 atom stereocenters. The van der Waals surface area contributed by atoms with Gasteiger partial charge in [0.15, 0.2) is 11.5 Å². The number of fused-ring (bicyclic) bond motifs is 1. The van der Waals surface area contributed by atoms with Crippen LogP contribution in [0.5, 0.6) is 11.5 Å². The lowest BCUT2D eigenvalue weighted by Gasteiger charge is -2.16. The van der Waals surface area contributed by atoms with Crippen molar-refractivity contribution in [2.45, 2.75) is 35.7 Å². The number of anilines is 1. The number of aliphatic carboxylic acids is 1. The van der Waals surface area contributed by atoms with Gasteiger partial charge >= 0.3 is 5.97 Å². The van der Waals surface area contributed by atoms with Gasteiger partial charge in [-0.2, -0.15) is 0 Å². The summed E-state index contributed by atoms with van der Waals surface area (Å²) in [6.45, 7) is -0.262. The van der Waals surface area contributed by atoms with Crippen LogP contribution < -0.4 is 19.5 Å². The summed E-state index contributed by atoms with van der Waals surface area (Å²) in [6, 6.07) is 16.6. The quantitative estimate of drug-likeness (QED) is 0.302. The zero-order valence-corrected chi connectivity index (χ0v) is 20.9. The first-order chi connectivity index (χ1) is 18.2. The smallest absolute Gasteiger partial charge is 0.306 e. The molecule has 1 saturated carbocycles. The zero-order valence-electron chi connectivity index (χ0n) is 20.1. The fourth-order valence-corrected chi connectivity index (χ4v) is 5.31. The predicted octanol–water partition coefficient (Wildman–Crippen LogP) is 2.51. The minimum atomic E-state index is -3.95. The van der Waals surface area contributed by atoms with Gasteiger partial charge in [-0.15, -0.1) is 0 Å². The maximum absolute atomic E-state index is 13.2. The van der Waals surface area contributed by atoms with Crippen LogP contribution in [0.1, 0.15) is 26.3 Å². The lowest BCUT2D eigenvalue weighted by Crippen LogP contribution is -2.33. The van der Waals surface area contributed by atoms with Crippen molar-refractivity contribution in [1.29, 1.82) is 0 Å². The molecule has 1 aliphatic carbocycles. The molecule has 2 aromatic carbocycles. The molecule has 0 spiro atoms. The van der Waals surface area contributed by atoms with E-state index in [-0.39, 0.29) is 19.0 Å². The minimum absolute atomic E-state index is 0. The van der Waals surface area contributed by atoms with Crippen molar-refractivity contribution in [2.75, 3.05) is 18.7 Å². The van der Waals surface area contributed by atoms with Gasteiger partial charge in [-0.05, 0) is 54.8 Å². The normalized spacial score (nSPS) is 16.0. The number of aromatic nitrogens is 1. The third-order valence-corrected chi connectivity index (χ3v) is 7.92. The van der Waals surface area contributed by atoms with Gasteiger partial charge < -0.3 is 25.0 Å². The predicted molar refractivity (Wildman–Crippen MR) is 137 cm³/mol. The number of rotatable bonds is 10. The number of ether oxygens (including phenoxy) is 2. The van der Waals surface area contributed by atoms with Gasteiger partial charge in [0.05, 0.1) is 28.5 Å². The van der Waals surface area contributed by atoms with E-state index < -0.39 is 40.5 Å². The van der Waals surface area contributed by atoms with E-state index in [1.54, 1.807) is 30.3 Å². The summed E-state index contributed by atoms with van der Waals surface area (Å²) in [5.74, 6) is 0.250. The average Bonchev–Trinajstić information content (AvgIpc) is 3.58. The number of carbonyl (C=O) groups excluding carboxylic acids is 1. The van der Waals surface area contributed by atoms with Crippen LogP contribution >= 0.6 is 0 Å². The van der Waals surface area contributed by atoms with Crippen LogP contribution in [0.4, 0.5) is 5.82 Å². The van der Waals surface area contributed by atoms with Crippen molar-refractivity contribution < 1.29 is 39.1 Å². The molecular formula is C26H27N3O8S.